The highest BCUT2D eigenvalue weighted by molar-refractivity contribution is 7.14. The molecule has 0 aliphatic rings. The van der Waals surface area contributed by atoms with E-state index in [1.807, 2.05) is 41.1 Å². The second-order valence-electron chi connectivity index (χ2n) is 4.80. The Labute approximate surface area is 148 Å². The first-order chi connectivity index (χ1) is 11.7. The molecule has 2 heterocycles. The minimum Gasteiger partial charge on any atom is -0.493 e. The number of thiophene rings is 1. The van der Waals surface area contributed by atoms with Crippen molar-refractivity contribution in [3.8, 4) is 28.1 Å². The molecule has 0 aliphatic carbocycles. The number of nitriles is 1. The lowest BCUT2D eigenvalue weighted by Gasteiger charge is -2.07. The molecule has 0 radical (unpaired) electrons. The Morgan fingerprint density at radius 3 is 2.67 bits per heavy atom. The van der Waals surface area contributed by atoms with E-state index >= 15 is 0 Å². The van der Waals surface area contributed by atoms with E-state index in [1.54, 1.807) is 31.6 Å². The molecule has 4 nitrogen and oxygen atoms in total. The van der Waals surface area contributed by atoms with Gasteiger partial charge in [-0.1, -0.05) is 12.1 Å². The van der Waals surface area contributed by atoms with Crippen molar-refractivity contribution in [1.29, 1.82) is 5.26 Å². The third-order valence-electron chi connectivity index (χ3n) is 3.35. The molecule has 0 fully saturated rings. The summed E-state index contributed by atoms with van der Waals surface area (Å²) in [6.07, 6.45) is 1.80. The summed E-state index contributed by atoms with van der Waals surface area (Å²) in [6, 6.07) is 11.8. The number of nitrogens with zero attached hydrogens (tertiary/aromatic N) is 2. The van der Waals surface area contributed by atoms with Crippen LogP contribution < -0.4 is 9.47 Å². The number of methoxy groups -OCH3 is 2. The van der Waals surface area contributed by atoms with Crippen LogP contribution in [0.15, 0.2) is 41.1 Å². The largest absolute Gasteiger partial charge is 0.493 e. The van der Waals surface area contributed by atoms with Gasteiger partial charge in [0, 0.05) is 5.38 Å². The van der Waals surface area contributed by atoms with Crippen molar-refractivity contribution in [3.05, 3.63) is 51.7 Å². The van der Waals surface area contributed by atoms with Crippen molar-refractivity contribution in [2.45, 2.75) is 0 Å². The van der Waals surface area contributed by atoms with Crippen molar-refractivity contribution >= 4 is 34.3 Å². The van der Waals surface area contributed by atoms with Gasteiger partial charge in [0.15, 0.2) is 11.5 Å². The third-order valence-corrected chi connectivity index (χ3v) is 5.12. The van der Waals surface area contributed by atoms with Crippen molar-refractivity contribution in [3.63, 3.8) is 0 Å². The lowest BCUT2D eigenvalue weighted by molar-refractivity contribution is 0.355. The van der Waals surface area contributed by atoms with Crippen LogP contribution in [-0.4, -0.2) is 19.2 Å². The van der Waals surface area contributed by atoms with Gasteiger partial charge in [0.25, 0.3) is 0 Å². The molecule has 6 heteroatoms. The number of hydrogen-bond acceptors (Lipinski definition) is 6. The van der Waals surface area contributed by atoms with Crippen LogP contribution in [0.25, 0.3) is 22.2 Å². The van der Waals surface area contributed by atoms with Gasteiger partial charge in [0.1, 0.15) is 11.1 Å². The monoisotopic (exact) mass is 354 g/mol. The topological polar surface area (TPSA) is 55.1 Å². The minimum absolute atomic E-state index is 0.523. The van der Waals surface area contributed by atoms with Gasteiger partial charge in [-0.15, -0.1) is 22.7 Å². The number of allylic oxidation sites excluding steroid dienone is 1. The van der Waals surface area contributed by atoms with Gasteiger partial charge in [-0.3, -0.25) is 0 Å². The number of thiazole rings is 1. The highest BCUT2D eigenvalue weighted by Crippen LogP contribution is 2.32. The summed E-state index contributed by atoms with van der Waals surface area (Å²) in [5, 5.41) is 14.2. The minimum atomic E-state index is 0.523. The molecule has 24 heavy (non-hydrogen) atoms. The zero-order valence-electron chi connectivity index (χ0n) is 13.1. The molecule has 0 spiro atoms. The zero-order valence-corrected chi connectivity index (χ0v) is 14.8. The average Bonchev–Trinajstić information content (AvgIpc) is 3.30. The Kier molecular flexibility index (Phi) is 4.94. The number of hydrogen-bond donors (Lipinski definition) is 0. The smallest absolute Gasteiger partial charge is 0.161 e. The van der Waals surface area contributed by atoms with E-state index in [-0.39, 0.29) is 0 Å². The molecule has 1 aromatic carbocycles. The van der Waals surface area contributed by atoms with Crippen LogP contribution in [0.4, 0.5) is 0 Å². The molecule has 3 rings (SSSR count). The molecule has 120 valence electrons. The predicted octanol–water partition coefficient (Wildman–Crippen LogP) is 4.95. The van der Waals surface area contributed by atoms with Crippen LogP contribution in [0, 0.1) is 11.3 Å². The van der Waals surface area contributed by atoms with E-state index in [9.17, 15) is 5.26 Å². The van der Waals surface area contributed by atoms with Crippen LogP contribution in [-0.2, 0) is 0 Å². The Hall–Kier alpha value is -2.62. The maximum atomic E-state index is 9.50. The summed E-state index contributed by atoms with van der Waals surface area (Å²) < 4.78 is 10.5. The first-order valence-corrected chi connectivity index (χ1v) is 8.84. The second-order valence-corrected chi connectivity index (χ2v) is 6.61. The predicted molar refractivity (Wildman–Crippen MR) is 98.5 cm³/mol. The summed E-state index contributed by atoms with van der Waals surface area (Å²) in [5.74, 6) is 1.28. The SMILES string of the molecule is COc1ccc(C=C(C#N)c2nc(-c3cccs3)cs2)cc1OC. The van der Waals surface area contributed by atoms with Crippen molar-refractivity contribution < 1.29 is 9.47 Å². The van der Waals surface area contributed by atoms with Gasteiger partial charge in [0.05, 0.1) is 30.4 Å². The standard InChI is InChI=1S/C18H14N2O2S2/c1-21-15-6-5-12(9-16(15)22-2)8-13(10-19)18-20-14(11-24-18)17-4-3-7-23-17/h3-9,11H,1-2H3. The number of aromatic nitrogens is 1. The molecule has 0 saturated heterocycles. The summed E-state index contributed by atoms with van der Waals surface area (Å²) in [6.45, 7) is 0. The van der Waals surface area contributed by atoms with Crippen molar-refractivity contribution in [1.82, 2.24) is 4.98 Å². The first kappa shape index (κ1) is 16.2. The fraction of sp³-hybridized carbons (Fsp3) is 0.111. The van der Waals surface area contributed by atoms with Crippen molar-refractivity contribution in [2.75, 3.05) is 14.2 Å². The van der Waals surface area contributed by atoms with Gasteiger partial charge in [-0.25, -0.2) is 4.98 Å². The second kappa shape index (κ2) is 7.30. The Morgan fingerprint density at radius 1 is 1.17 bits per heavy atom. The maximum absolute atomic E-state index is 9.50. The highest BCUT2D eigenvalue weighted by Gasteiger charge is 2.10. The molecule has 0 saturated carbocycles. The van der Waals surface area contributed by atoms with Crippen molar-refractivity contribution in [2.24, 2.45) is 0 Å². The molecule has 0 unspecified atom stereocenters. The molecule has 0 N–H and O–H groups in total. The van der Waals surface area contributed by atoms with Crippen LogP contribution in [0.5, 0.6) is 11.5 Å². The van der Waals surface area contributed by atoms with E-state index in [2.05, 4.69) is 11.1 Å². The quantitative estimate of drug-likeness (QED) is 0.608. The van der Waals surface area contributed by atoms with Gasteiger partial charge in [0.2, 0.25) is 0 Å². The Bertz CT molecular complexity index is 905. The van der Waals surface area contributed by atoms with E-state index in [4.69, 9.17) is 9.47 Å². The zero-order chi connectivity index (χ0) is 16.9. The summed E-state index contributed by atoms with van der Waals surface area (Å²) >= 11 is 3.10. The Balaban J connectivity index is 1.94. The number of benzene rings is 1. The normalized spacial score (nSPS) is 11.1. The van der Waals surface area contributed by atoms with E-state index in [1.165, 1.54) is 11.3 Å². The molecular weight excluding hydrogens is 340 g/mol. The summed E-state index contributed by atoms with van der Waals surface area (Å²) in [7, 11) is 3.18. The van der Waals surface area contributed by atoms with Crippen LogP contribution in [0.3, 0.4) is 0 Å². The lowest BCUT2D eigenvalue weighted by Crippen LogP contribution is -1.90. The average molecular weight is 354 g/mol. The molecule has 0 aliphatic heterocycles. The lowest BCUT2D eigenvalue weighted by atomic mass is 10.1. The van der Waals surface area contributed by atoms with Crippen LogP contribution >= 0.6 is 22.7 Å². The Morgan fingerprint density at radius 2 is 2.00 bits per heavy atom. The highest BCUT2D eigenvalue weighted by atomic mass is 32.1. The molecule has 0 atom stereocenters. The maximum Gasteiger partial charge on any atom is 0.161 e. The fourth-order valence-electron chi connectivity index (χ4n) is 2.19. The number of ether oxygens (including phenoxy) is 2. The van der Waals surface area contributed by atoms with E-state index in [0.29, 0.717) is 22.1 Å². The molecule has 0 bridgehead atoms. The first-order valence-electron chi connectivity index (χ1n) is 7.08. The molecular formula is C18H14N2O2S2. The van der Waals surface area contributed by atoms with Crippen LogP contribution in [0.1, 0.15) is 10.6 Å². The van der Waals surface area contributed by atoms with Gasteiger partial charge in [-0.05, 0) is 35.2 Å². The van der Waals surface area contributed by atoms with E-state index in [0.717, 1.165) is 16.1 Å². The fourth-order valence-corrected chi connectivity index (χ4v) is 3.73. The van der Waals surface area contributed by atoms with Gasteiger partial charge in [-0.2, -0.15) is 5.26 Å². The third kappa shape index (κ3) is 3.32. The molecule has 2 aromatic heterocycles. The number of rotatable bonds is 5. The van der Waals surface area contributed by atoms with Gasteiger partial charge >= 0.3 is 0 Å². The summed E-state index contributed by atoms with van der Waals surface area (Å²) in [5.41, 5.74) is 2.28. The molecule has 3 aromatic rings. The van der Waals surface area contributed by atoms with Crippen LogP contribution in [0.2, 0.25) is 0 Å². The summed E-state index contributed by atoms with van der Waals surface area (Å²) in [4.78, 5) is 5.68. The van der Waals surface area contributed by atoms with Gasteiger partial charge < -0.3 is 9.47 Å². The molecule has 0 amide bonds. The van der Waals surface area contributed by atoms with E-state index < -0.39 is 0 Å².